The molecular formula is C31H25N5O3S2. The van der Waals surface area contributed by atoms with Gasteiger partial charge in [-0.1, -0.05) is 30.0 Å². The Morgan fingerprint density at radius 1 is 0.927 bits per heavy atom. The first-order valence-electron chi connectivity index (χ1n) is 12.9. The van der Waals surface area contributed by atoms with Crippen LogP contribution in [0.15, 0.2) is 125 Å². The first-order valence-corrected chi connectivity index (χ1v) is 14.1. The lowest BCUT2D eigenvalue weighted by Crippen LogP contribution is -2.30. The zero-order valence-electron chi connectivity index (χ0n) is 22.0. The van der Waals surface area contributed by atoms with Gasteiger partial charge in [-0.2, -0.15) is 0 Å². The highest BCUT2D eigenvalue weighted by atomic mass is 32.2. The minimum atomic E-state index is -0.394. The highest BCUT2D eigenvalue weighted by molar-refractivity contribution is 7.99. The van der Waals surface area contributed by atoms with Gasteiger partial charge in [-0.05, 0) is 85.0 Å². The van der Waals surface area contributed by atoms with Crippen molar-refractivity contribution in [3.63, 3.8) is 0 Å². The summed E-state index contributed by atoms with van der Waals surface area (Å²) < 4.78 is 7.83. The van der Waals surface area contributed by atoms with Gasteiger partial charge in [0.25, 0.3) is 5.69 Å². The SMILES string of the molecule is COc1ccccc1-n1cccc1[C@@H]1[C@H](c2ccccn2)NC(=S)N1c1ccc(Sc2ccc([N+](=O)[O-])cc2)cc1. The van der Waals surface area contributed by atoms with Crippen LogP contribution in [0, 0.1) is 10.1 Å². The van der Waals surface area contributed by atoms with Gasteiger partial charge in [-0.3, -0.25) is 15.1 Å². The number of ether oxygens (including phenoxy) is 1. The summed E-state index contributed by atoms with van der Waals surface area (Å²) >= 11 is 7.47. The second kappa shape index (κ2) is 11.4. The Bertz CT molecular complexity index is 1690. The van der Waals surface area contributed by atoms with Gasteiger partial charge in [0.1, 0.15) is 11.8 Å². The summed E-state index contributed by atoms with van der Waals surface area (Å²) in [4.78, 5) is 19.3. The van der Waals surface area contributed by atoms with E-state index < -0.39 is 4.92 Å². The van der Waals surface area contributed by atoms with Crippen molar-refractivity contribution in [2.75, 3.05) is 12.0 Å². The van der Waals surface area contributed by atoms with E-state index in [4.69, 9.17) is 17.0 Å². The van der Waals surface area contributed by atoms with E-state index in [0.717, 1.165) is 38.3 Å². The molecule has 204 valence electrons. The van der Waals surface area contributed by atoms with Gasteiger partial charge < -0.3 is 19.5 Å². The fraction of sp³-hybridized carbons (Fsp3) is 0.0968. The fourth-order valence-corrected chi connectivity index (χ4v) is 6.23. The molecule has 1 aliphatic rings. The number of para-hydroxylation sites is 2. The number of hydrogen-bond donors (Lipinski definition) is 1. The van der Waals surface area contributed by atoms with Gasteiger partial charge >= 0.3 is 0 Å². The Morgan fingerprint density at radius 3 is 2.32 bits per heavy atom. The first-order chi connectivity index (χ1) is 20.0. The number of nitro groups is 1. The summed E-state index contributed by atoms with van der Waals surface area (Å²) in [6.45, 7) is 0. The molecule has 0 amide bonds. The number of pyridine rings is 1. The van der Waals surface area contributed by atoms with Crippen LogP contribution in [0.5, 0.6) is 5.75 Å². The van der Waals surface area contributed by atoms with E-state index in [1.165, 1.54) is 12.1 Å². The van der Waals surface area contributed by atoms with E-state index >= 15 is 0 Å². The minimum Gasteiger partial charge on any atom is -0.495 e. The molecule has 2 atom stereocenters. The van der Waals surface area contributed by atoms with E-state index in [9.17, 15) is 10.1 Å². The van der Waals surface area contributed by atoms with Crippen molar-refractivity contribution >= 4 is 40.5 Å². The topological polar surface area (TPSA) is 85.5 Å². The predicted molar refractivity (Wildman–Crippen MR) is 164 cm³/mol. The number of rotatable bonds is 8. The highest BCUT2D eigenvalue weighted by Crippen LogP contribution is 2.43. The van der Waals surface area contributed by atoms with E-state index in [1.807, 2.05) is 79.0 Å². The molecule has 5 aromatic rings. The molecule has 41 heavy (non-hydrogen) atoms. The molecule has 1 aliphatic heterocycles. The van der Waals surface area contributed by atoms with E-state index in [-0.39, 0.29) is 17.8 Å². The molecule has 1 saturated heterocycles. The van der Waals surface area contributed by atoms with Gasteiger partial charge in [0, 0.05) is 45.7 Å². The third-order valence-electron chi connectivity index (χ3n) is 6.92. The number of nitro benzene ring substituents is 1. The minimum absolute atomic E-state index is 0.0751. The van der Waals surface area contributed by atoms with Crippen molar-refractivity contribution in [2.24, 2.45) is 0 Å². The Labute approximate surface area is 246 Å². The third kappa shape index (κ3) is 5.27. The Morgan fingerprint density at radius 2 is 1.63 bits per heavy atom. The van der Waals surface area contributed by atoms with Crippen molar-refractivity contribution < 1.29 is 9.66 Å². The number of benzene rings is 3. The van der Waals surface area contributed by atoms with Crippen LogP contribution in [0.1, 0.15) is 23.5 Å². The molecule has 0 bridgehead atoms. The molecule has 0 unspecified atom stereocenters. The van der Waals surface area contributed by atoms with Gasteiger partial charge in [-0.25, -0.2) is 0 Å². The van der Waals surface area contributed by atoms with Crippen LogP contribution in [0.3, 0.4) is 0 Å². The lowest BCUT2D eigenvalue weighted by atomic mass is 10.0. The van der Waals surface area contributed by atoms with Crippen LogP contribution in [0.25, 0.3) is 5.69 Å². The Kier molecular flexibility index (Phi) is 7.41. The number of methoxy groups -OCH3 is 1. The maximum atomic E-state index is 11.0. The molecule has 0 radical (unpaired) electrons. The summed E-state index contributed by atoms with van der Waals surface area (Å²) in [5, 5.41) is 15.1. The van der Waals surface area contributed by atoms with Gasteiger partial charge in [0.2, 0.25) is 0 Å². The van der Waals surface area contributed by atoms with E-state index in [2.05, 4.69) is 25.8 Å². The number of non-ortho nitro benzene ring substituents is 1. The van der Waals surface area contributed by atoms with Crippen LogP contribution in [0.4, 0.5) is 11.4 Å². The average molecular weight is 580 g/mol. The van der Waals surface area contributed by atoms with E-state index in [0.29, 0.717) is 5.11 Å². The third-order valence-corrected chi connectivity index (χ3v) is 8.25. The van der Waals surface area contributed by atoms with E-state index in [1.54, 1.807) is 37.2 Å². The molecule has 6 rings (SSSR count). The molecule has 3 aromatic carbocycles. The zero-order valence-corrected chi connectivity index (χ0v) is 23.6. The molecule has 1 fully saturated rings. The van der Waals surface area contributed by atoms with Gasteiger partial charge in [0.15, 0.2) is 5.11 Å². The molecular weight excluding hydrogens is 555 g/mol. The number of anilines is 1. The van der Waals surface area contributed by atoms with Crippen LogP contribution < -0.4 is 15.0 Å². The van der Waals surface area contributed by atoms with Gasteiger partial charge in [0.05, 0.1) is 29.5 Å². The maximum Gasteiger partial charge on any atom is 0.269 e. The fourth-order valence-electron chi connectivity index (χ4n) is 5.06. The van der Waals surface area contributed by atoms with Crippen molar-refractivity contribution in [1.29, 1.82) is 0 Å². The number of aromatic nitrogens is 2. The summed E-state index contributed by atoms with van der Waals surface area (Å²) in [6, 6.07) is 32.3. The monoisotopic (exact) mass is 579 g/mol. The summed E-state index contributed by atoms with van der Waals surface area (Å²) in [6.07, 6.45) is 3.83. The lowest BCUT2D eigenvalue weighted by Gasteiger charge is -2.29. The molecule has 3 heterocycles. The number of hydrogen-bond acceptors (Lipinski definition) is 6. The number of thiocarbonyl (C=S) groups is 1. The smallest absolute Gasteiger partial charge is 0.269 e. The molecule has 8 nitrogen and oxygen atoms in total. The van der Waals surface area contributed by atoms with Crippen LogP contribution in [-0.4, -0.2) is 26.7 Å². The molecule has 10 heteroatoms. The molecule has 0 saturated carbocycles. The zero-order chi connectivity index (χ0) is 28.3. The molecule has 2 aromatic heterocycles. The highest BCUT2D eigenvalue weighted by Gasteiger charge is 2.42. The average Bonchev–Trinajstić information content (AvgIpc) is 3.62. The van der Waals surface area contributed by atoms with Crippen LogP contribution in [0.2, 0.25) is 0 Å². The maximum absolute atomic E-state index is 11.0. The summed E-state index contributed by atoms with van der Waals surface area (Å²) in [5.74, 6) is 0.770. The molecule has 0 spiro atoms. The lowest BCUT2D eigenvalue weighted by molar-refractivity contribution is -0.384. The Balaban J connectivity index is 1.37. The summed E-state index contributed by atoms with van der Waals surface area (Å²) in [7, 11) is 1.67. The second-order valence-electron chi connectivity index (χ2n) is 9.32. The van der Waals surface area contributed by atoms with Gasteiger partial charge in [-0.15, -0.1) is 0 Å². The Hall–Kier alpha value is -4.67. The quantitative estimate of drug-likeness (QED) is 0.118. The largest absolute Gasteiger partial charge is 0.495 e. The van der Waals surface area contributed by atoms with Crippen molar-refractivity contribution in [1.82, 2.24) is 14.9 Å². The standard InChI is InChI=1S/C31H25N5O3S2/c1-39-28-10-3-2-8-26(28)34-20-6-9-27(34)30-29(25-7-4-5-19-32-25)33-31(40)35(30)21-11-15-23(16-12-21)41-24-17-13-22(14-18-24)36(37)38/h2-20,29-30H,1H3,(H,33,40)/t29-,30+/m0/s1. The predicted octanol–water partition coefficient (Wildman–Crippen LogP) is 7.12. The van der Waals surface area contributed by atoms with Crippen LogP contribution >= 0.6 is 24.0 Å². The first kappa shape index (κ1) is 26.5. The van der Waals surface area contributed by atoms with Crippen molar-refractivity contribution in [3.05, 3.63) is 137 Å². The molecule has 0 aliphatic carbocycles. The number of nitrogens with zero attached hydrogens (tertiary/aromatic N) is 4. The number of nitrogens with one attached hydrogen (secondary N) is 1. The van der Waals surface area contributed by atoms with Crippen molar-refractivity contribution in [2.45, 2.75) is 21.9 Å². The summed E-state index contributed by atoms with van der Waals surface area (Å²) in [5.41, 5.74) is 3.86. The van der Waals surface area contributed by atoms with Crippen LogP contribution in [-0.2, 0) is 0 Å². The normalized spacial score (nSPS) is 16.4. The van der Waals surface area contributed by atoms with Crippen molar-refractivity contribution in [3.8, 4) is 11.4 Å². The molecule has 1 N–H and O–H groups in total. The second-order valence-corrected chi connectivity index (χ2v) is 10.9.